The second kappa shape index (κ2) is 6.89. The molecule has 2 aromatic rings. The number of aliphatic imine (C=N–C) groups is 1. The van der Waals surface area contributed by atoms with E-state index >= 15 is 0 Å². The van der Waals surface area contributed by atoms with E-state index in [0.29, 0.717) is 22.0 Å². The van der Waals surface area contributed by atoms with Crippen molar-refractivity contribution < 1.29 is 17.9 Å². The summed E-state index contributed by atoms with van der Waals surface area (Å²) in [6.45, 7) is 0. The maximum Gasteiger partial charge on any atom is 0.416 e. The molecule has 23 heavy (non-hydrogen) atoms. The van der Waals surface area contributed by atoms with Gasteiger partial charge in [-0.3, -0.25) is 0 Å². The van der Waals surface area contributed by atoms with Crippen molar-refractivity contribution in [3.8, 4) is 5.75 Å². The van der Waals surface area contributed by atoms with Crippen molar-refractivity contribution in [1.29, 1.82) is 0 Å². The highest BCUT2D eigenvalue weighted by Crippen LogP contribution is 2.31. The lowest BCUT2D eigenvalue weighted by atomic mass is 10.1. The van der Waals surface area contributed by atoms with Crippen LogP contribution < -0.4 is 16.0 Å². The lowest BCUT2D eigenvalue weighted by molar-refractivity contribution is -0.137. The summed E-state index contributed by atoms with van der Waals surface area (Å²) in [6, 6.07) is 9.28. The van der Waals surface area contributed by atoms with E-state index in [2.05, 4.69) is 10.4 Å². The predicted molar refractivity (Wildman–Crippen MR) is 83.0 cm³/mol. The minimum Gasteiger partial charge on any atom is -0.494 e. The summed E-state index contributed by atoms with van der Waals surface area (Å²) in [5.74, 6) is 6.06. The quantitative estimate of drug-likeness (QED) is 0.384. The maximum atomic E-state index is 12.6. The summed E-state index contributed by atoms with van der Waals surface area (Å²) in [4.78, 5) is 4.26. The number of halogens is 4. The molecule has 0 fully saturated rings. The molecule has 0 bridgehead atoms. The summed E-state index contributed by atoms with van der Waals surface area (Å²) in [5, 5.41) is 0.438. The van der Waals surface area contributed by atoms with Gasteiger partial charge in [-0.2, -0.15) is 13.2 Å². The van der Waals surface area contributed by atoms with Gasteiger partial charge in [0.25, 0.3) is 0 Å². The van der Waals surface area contributed by atoms with Crippen molar-refractivity contribution >= 4 is 23.1 Å². The number of amidine groups is 1. The number of benzene rings is 2. The normalized spacial score (nSPS) is 12.2. The molecule has 0 heterocycles. The molecule has 0 aliphatic rings. The molecule has 0 spiro atoms. The first-order valence-electron chi connectivity index (χ1n) is 6.41. The van der Waals surface area contributed by atoms with Gasteiger partial charge in [0.15, 0.2) is 0 Å². The number of hydrogen-bond donors (Lipinski definition) is 2. The fourth-order valence-electron chi connectivity index (χ4n) is 1.87. The average molecular weight is 344 g/mol. The third-order valence-corrected chi connectivity index (χ3v) is 3.23. The van der Waals surface area contributed by atoms with E-state index in [-0.39, 0.29) is 5.84 Å². The summed E-state index contributed by atoms with van der Waals surface area (Å²) in [7, 11) is 1.47. The number of ether oxygens (including phenoxy) is 1. The number of alkyl halides is 3. The van der Waals surface area contributed by atoms with Crippen LogP contribution in [0.2, 0.25) is 5.02 Å². The van der Waals surface area contributed by atoms with Crippen molar-refractivity contribution in [3.63, 3.8) is 0 Å². The number of rotatable bonds is 3. The summed E-state index contributed by atoms with van der Waals surface area (Å²) in [6.07, 6.45) is -4.40. The largest absolute Gasteiger partial charge is 0.494 e. The molecular formula is C15H13ClF3N3O. The Kier molecular flexibility index (Phi) is 5.12. The highest BCUT2D eigenvalue weighted by molar-refractivity contribution is 6.30. The number of nitrogens with zero attached hydrogens (tertiary/aromatic N) is 1. The van der Waals surface area contributed by atoms with Crippen LogP contribution in [-0.2, 0) is 6.18 Å². The molecule has 0 aliphatic carbocycles. The van der Waals surface area contributed by atoms with Gasteiger partial charge in [-0.25, -0.2) is 10.8 Å². The van der Waals surface area contributed by atoms with Gasteiger partial charge in [0.1, 0.15) is 17.3 Å². The smallest absolute Gasteiger partial charge is 0.416 e. The van der Waals surface area contributed by atoms with Crippen molar-refractivity contribution in [1.82, 2.24) is 5.43 Å². The Labute approximate surface area is 135 Å². The van der Waals surface area contributed by atoms with Crippen LogP contribution >= 0.6 is 11.6 Å². The predicted octanol–water partition coefficient (Wildman–Crippen LogP) is 3.91. The molecule has 0 saturated heterocycles. The number of hydrogen-bond acceptors (Lipinski definition) is 3. The summed E-state index contributed by atoms with van der Waals surface area (Å²) >= 11 is 5.92. The molecule has 0 aliphatic heterocycles. The van der Waals surface area contributed by atoms with Crippen LogP contribution in [0.4, 0.5) is 18.9 Å². The van der Waals surface area contributed by atoms with Gasteiger partial charge in [0.05, 0.1) is 12.7 Å². The Hall–Kier alpha value is -2.25. The Morgan fingerprint density at radius 3 is 2.35 bits per heavy atom. The summed E-state index contributed by atoms with van der Waals surface area (Å²) in [5.41, 5.74) is 2.40. The number of hydrazine groups is 1. The number of methoxy groups -OCH3 is 1. The number of nitrogens with one attached hydrogen (secondary N) is 1. The Morgan fingerprint density at radius 1 is 1.17 bits per heavy atom. The van der Waals surface area contributed by atoms with Gasteiger partial charge in [0.2, 0.25) is 0 Å². The maximum absolute atomic E-state index is 12.6. The highest BCUT2D eigenvalue weighted by atomic mass is 35.5. The van der Waals surface area contributed by atoms with E-state index in [4.69, 9.17) is 22.2 Å². The van der Waals surface area contributed by atoms with Gasteiger partial charge < -0.3 is 10.2 Å². The van der Waals surface area contributed by atoms with Gasteiger partial charge in [-0.15, -0.1) is 0 Å². The van der Waals surface area contributed by atoms with Crippen LogP contribution in [0.25, 0.3) is 0 Å². The number of nitrogens with two attached hydrogens (primary N) is 1. The third kappa shape index (κ3) is 4.14. The highest BCUT2D eigenvalue weighted by Gasteiger charge is 2.30. The molecule has 0 amide bonds. The molecule has 0 aromatic heterocycles. The SMILES string of the molecule is COc1ccc(Cl)cc1N=C(NN)c1ccc(C(F)(F)F)cc1. The molecule has 2 rings (SSSR count). The Balaban J connectivity index is 2.42. The van der Waals surface area contributed by atoms with Crippen LogP contribution in [0, 0.1) is 0 Å². The van der Waals surface area contributed by atoms with Crippen molar-refractivity contribution in [2.75, 3.05) is 7.11 Å². The second-order valence-electron chi connectivity index (χ2n) is 4.50. The van der Waals surface area contributed by atoms with Crippen LogP contribution in [0.3, 0.4) is 0 Å². The minimum atomic E-state index is -4.40. The topological polar surface area (TPSA) is 59.6 Å². The van der Waals surface area contributed by atoms with Crippen LogP contribution in [0.15, 0.2) is 47.5 Å². The molecule has 122 valence electrons. The van der Waals surface area contributed by atoms with Crippen molar-refractivity contribution in [3.05, 3.63) is 58.6 Å². The lowest BCUT2D eigenvalue weighted by Gasteiger charge is -2.10. The average Bonchev–Trinajstić information content (AvgIpc) is 2.52. The minimum absolute atomic E-state index is 0.180. The van der Waals surface area contributed by atoms with Crippen molar-refractivity contribution in [2.24, 2.45) is 10.8 Å². The molecule has 3 N–H and O–H groups in total. The zero-order valence-electron chi connectivity index (χ0n) is 12.0. The van der Waals surface area contributed by atoms with E-state index in [9.17, 15) is 13.2 Å². The van der Waals surface area contributed by atoms with Crippen molar-refractivity contribution in [2.45, 2.75) is 6.18 Å². The van der Waals surface area contributed by atoms with Crippen LogP contribution in [0.5, 0.6) is 5.75 Å². The monoisotopic (exact) mass is 343 g/mol. The molecule has 0 saturated carbocycles. The first-order valence-corrected chi connectivity index (χ1v) is 6.79. The van der Waals surface area contributed by atoms with Gasteiger partial charge >= 0.3 is 6.18 Å². The molecule has 8 heteroatoms. The van der Waals surface area contributed by atoms with E-state index in [0.717, 1.165) is 12.1 Å². The van der Waals surface area contributed by atoms with Gasteiger partial charge in [-0.1, -0.05) is 23.7 Å². The molecule has 0 radical (unpaired) electrons. The van der Waals surface area contributed by atoms with Gasteiger partial charge in [0, 0.05) is 10.6 Å². The Bertz CT molecular complexity index is 715. The van der Waals surface area contributed by atoms with E-state index in [1.54, 1.807) is 18.2 Å². The van der Waals surface area contributed by atoms with E-state index in [1.165, 1.54) is 19.2 Å². The first-order chi connectivity index (χ1) is 10.8. The molecular weight excluding hydrogens is 331 g/mol. The third-order valence-electron chi connectivity index (χ3n) is 3.00. The Morgan fingerprint density at radius 2 is 1.83 bits per heavy atom. The second-order valence-corrected chi connectivity index (χ2v) is 4.93. The van der Waals surface area contributed by atoms with E-state index < -0.39 is 11.7 Å². The van der Waals surface area contributed by atoms with Crippen LogP contribution in [-0.4, -0.2) is 12.9 Å². The fraction of sp³-hybridized carbons (Fsp3) is 0.133. The molecule has 2 aromatic carbocycles. The lowest BCUT2D eigenvalue weighted by Crippen LogP contribution is -2.31. The fourth-order valence-corrected chi connectivity index (χ4v) is 2.03. The van der Waals surface area contributed by atoms with Gasteiger partial charge in [-0.05, 0) is 30.3 Å². The zero-order chi connectivity index (χ0) is 17.0. The zero-order valence-corrected chi connectivity index (χ0v) is 12.7. The van der Waals surface area contributed by atoms with E-state index in [1.807, 2.05) is 0 Å². The molecule has 0 unspecified atom stereocenters. The first kappa shape index (κ1) is 17.1. The molecule has 4 nitrogen and oxygen atoms in total. The standard InChI is InChI=1S/C15H13ClF3N3O/c1-23-13-7-6-11(16)8-12(13)21-14(22-20)9-2-4-10(5-3-9)15(17,18)19/h2-8H,20H2,1H3,(H,21,22). The summed E-state index contributed by atoms with van der Waals surface area (Å²) < 4.78 is 42.9. The molecule has 0 atom stereocenters. The van der Waals surface area contributed by atoms with Crippen LogP contribution in [0.1, 0.15) is 11.1 Å².